The summed E-state index contributed by atoms with van der Waals surface area (Å²) >= 11 is 0. The smallest absolute Gasteiger partial charge is 0.331 e. The van der Waals surface area contributed by atoms with E-state index in [-0.39, 0.29) is 0 Å². The Bertz CT molecular complexity index is 576. The van der Waals surface area contributed by atoms with Gasteiger partial charge in [-0.15, -0.1) is 0 Å². The molecule has 22 heavy (non-hydrogen) atoms. The SMILES string of the molecule is COc1ccc(OC)c(NC(=O)C(C)OC(=O)C=C(C)C)c1. The lowest BCUT2D eigenvalue weighted by Gasteiger charge is -2.15. The number of amides is 1. The number of rotatable bonds is 6. The third-order valence-electron chi connectivity index (χ3n) is 2.73. The van der Waals surface area contributed by atoms with Crippen molar-refractivity contribution in [2.45, 2.75) is 26.9 Å². The molecular weight excluding hydrogens is 286 g/mol. The van der Waals surface area contributed by atoms with Crippen LogP contribution >= 0.6 is 0 Å². The van der Waals surface area contributed by atoms with Crippen LogP contribution in [0, 0.1) is 0 Å². The molecule has 0 aromatic heterocycles. The third-order valence-corrected chi connectivity index (χ3v) is 2.73. The number of carbonyl (C=O) groups excluding carboxylic acids is 2. The van der Waals surface area contributed by atoms with Gasteiger partial charge in [-0.05, 0) is 32.9 Å². The molecule has 0 bridgehead atoms. The Morgan fingerprint density at radius 3 is 2.41 bits per heavy atom. The molecule has 1 aromatic carbocycles. The Hall–Kier alpha value is -2.50. The minimum absolute atomic E-state index is 0.442. The number of hydrogen-bond acceptors (Lipinski definition) is 5. The van der Waals surface area contributed by atoms with Gasteiger partial charge in [0.25, 0.3) is 5.91 Å². The maximum absolute atomic E-state index is 12.1. The number of allylic oxidation sites excluding steroid dienone is 1. The van der Waals surface area contributed by atoms with E-state index in [1.54, 1.807) is 32.0 Å². The molecule has 0 saturated carbocycles. The first-order chi connectivity index (χ1) is 10.4. The minimum atomic E-state index is -0.931. The van der Waals surface area contributed by atoms with E-state index in [0.717, 1.165) is 5.57 Å². The van der Waals surface area contributed by atoms with Crippen molar-refractivity contribution in [2.75, 3.05) is 19.5 Å². The number of esters is 1. The molecule has 0 aliphatic carbocycles. The van der Waals surface area contributed by atoms with Crippen molar-refractivity contribution in [1.82, 2.24) is 0 Å². The molecule has 1 rings (SSSR count). The summed E-state index contributed by atoms with van der Waals surface area (Å²) in [7, 11) is 3.02. The van der Waals surface area contributed by atoms with E-state index in [9.17, 15) is 9.59 Å². The van der Waals surface area contributed by atoms with E-state index in [1.165, 1.54) is 27.2 Å². The lowest BCUT2D eigenvalue weighted by Crippen LogP contribution is -2.29. The molecule has 0 saturated heterocycles. The number of methoxy groups -OCH3 is 2. The highest BCUT2D eigenvalue weighted by molar-refractivity contribution is 5.97. The lowest BCUT2D eigenvalue weighted by atomic mass is 10.2. The fourth-order valence-electron chi connectivity index (χ4n) is 1.64. The first-order valence-electron chi connectivity index (χ1n) is 6.75. The average molecular weight is 307 g/mol. The number of nitrogens with one attached hydrogen (secondary N) is 1. The second-order valence-corrected chi connectivity index (χ2v) is 4.86. The van der Waals surface area contributed by atoms with Gasteiger partial charge in [0, 0.05) is 12.1 Å². The third kappa shape index (κ3) is 5.12. The molecule has 0 aliphatic heterocycles. The van der Waals surface area contributed by atoms with Crippen molar-refractivity contribution < 1.29 is 23.8 Å². The molecule has 1 unspecified atom stereocenters. The molecule has 0 fully saturated rings. The van der Waals surface area contributed by atoms with Crippen LogP contribution in [-0.4, -0.2) is 32.2 Å². The van der Waals surface area contributed by atoms with Crippen molar-refractivity contribution in [1.29, 1.82) is 0 Å². The Kier molecular flexibility index (Phi) is 6.44. The molecule has 120 valence electrons. The topological polar surface area (TPSA) is 73.9 Å². The molecule has 0 heterocycles. The van der Waals surface area contributed by atoms with Gasteiger partial charge >= 0.3 is 5.97 Å². The largest absolute Gasteiger partial charge is 0.497 e. The van der Waals surface area contributed by atoms with Crippen molar-refractivity contribution in [3.8, 4) is 11.5 Å². The second kappa shape index (κ2) is 8.07. The molecule has 6 heteroatoms. The molecular formula is C16H21NO5. The lowest BCUT2D eigenvalue weighted by molar-refractivity contribution is -0.148. The zero-order valence-electron chi connectivity index (χ0n) is 13.4. The summed E-state index contributed by atoms with van der Waals surface area (Å²) in [4.78, 5) is 23.6. The standard InChI is InChI=1S/C16H21NO5/c1-10(2)8-15(18)22-11(3)16(19)17-13-9-12(20-4)6-7-14(13)21-5/h6-9,11H,1-5H3,(H,17,19). The maximum atomic E-state index is 12.1. The summed E-state index contributed by atoms with van der Waals surface area (Å²) in [5, 5.41) is 2.65. The summed E-state index contributed by atoms with van der Waals surface area (Å²) in [6.07, 6.45) is 0.398. The van der Waals surface area contributed by atoms with Crippen LogP contribution in [0.5, 0.6) is 11.5 Å². The first-order valence-corrected chi connectivity index (χ1v) is 6.75. The average Bonchev–Trinajstić information content (AvgIpc) is 2.45. The molecule has 6 nitrogen and oxygen atoms in total. The van der Waals surface area contributed by atoms with Crippen LogP contribution in [0.15, 0.2) is 29.8 Å². The van der Waals surface area contributed by atoms with Crippen LogP contribution in [0.25, 0.3) is 0 Å². The van der Waals surface area contributed by atoms with Gasteiger partial charge < -0.3 is 19.5 Å². The van der Waals surface area contributed by atoms with E-state index in [1.807, 2.05) is 0 Å². The van der Waals surface area contributed by atoms with Gasteiger partial charge in [-0.3, -0.25) is 4.79 Å². The fraction of sp³-hybridized carbons (Fsp3) is 0.375. The summed E-state index contributed by atoms with van der Waals surface area (Å²) in [6.45, 7) is 5.04. The van der Waals surface area contributed by atoms with Gasteiger partial charge in [-0.25, -0.2) is 4.79 Å². The normalized spacial score (nSPS) is 11.1. The van der Waals surface area contributed by atoms with Crippen molar-refractivity contribution in [2.24, 2.45) is 0 Å². The summed E-state index contributed by atoms with van der Waals surface area (Å²) in [6, 6.07) is 5.02. The zero-order valence-corrected chi connectivity index (χ0v) is 13.4. The number of ether oxygens (including phenoxy) is 3. The molecule has 1 aromatic rings. The monoisotopic (exact) mass is 307 g/mol. The predicted octanol–water partition coefficient (Wildman–Crippen LogP) is 2.54. The van der Waals surface area contributed by atoms with Crippen LogP contribution in [-0.2, 0) is 14.3 Å². The van der Waals surface area contributed by atoms with Gasteiger partial charge in [0.05, 0.1) is 19.9 Å². The molecule has 0 spiro atoms. The van der Waals surface area contributed by atoms with E-state index >= 15 is 0 Å². The second-order valence-electron chi connectivity index (χ2n) is 4.86. The van der Waals surface area contributed by atoms with Gasteiger partial charge in [-0.2, -0.15) is 0 Å². The quantitative estimate of drug-likeness (QED) is 0.646. The molecule has 1 amide bonds. The Morgan fingerprint density at radius 2 is 1.86 bits per heavy atom. The Balaban J connectivity index is 2.79. The predicted molar refractivity (Wildman–Crippen MR) is 83.2 cm³/mol. The van der Waals surface area contributed by atoms with E-state index < -0.39 is 18.0 Å². The number of anilines is 1. The zero-order chi connectivity index (χ0) is 16.7. The highest BCUT2D eigenvalue weighted by Gasteiger charge is 2.18. The molecule has 1 N–H and O–H groups in total. The van der Waals surface area contributed by atoms with Gasteiger partial charge in [0.15, 0.2) is 6.10 Å². The molecule has 0 aliphatic rings. The van der Waals surface area contributed by atoms with E-state index in [4.69, 9.17) is 14.2 Å². The van der Waals surface area contributed by atoms with Crippen LogP contribution < -0.4 is 14.8 Å². The van der Waals surface area contributed by atoms with Crippen LogP contribution in [0.2, 0.25) is 0 Å². The highest BCUT2D eigenvalue weighted by Crippen LogP contribution is 2.29. The number of carbonyl (C=O) groups is 2. The van der Waals surface area contributed by atoms with Gasteiger partial charge in [0.2, 0.25) is 0 Å². The van der Waals surface area contributed by atoms with Crippen molar-refractivity contribution in [3.63, 3.8) is 0 Å². The molecule has 0 radical (unpaired) electrons. The number of hydrogen-bond donors (Lipinski definition) is 1. The molecule has 1 atom stereocenters. The number of benzene rings is 1. The Labute approximate surface area is 130 Å². The van der Waals surface area contributed by atoms with Crippen molar-refractivity contribution >= 4 is 17.6 Å². The summed E-state index contributed by atoms with van der Waals surface area (Å²) in [5.41, 5.74) is 1.24. The highest BCUT2D eigenvalue weighted by atomic mass is 16.5. The van der Waals surface area contributed by atoms with Crippen molar-refractivity contribution in [3.05, 3.63) is 29.8 Å². The Morgan fingerprint density at radius 1 is 1.18 bits per heavy atom. The van der Waals surface area contributed by atoms with Gasteiger partial charge in [-0.1, -0.05) is 5.57 Å². The first kappa shape index (κ1) is 17.6. The van der Waals surface area contributed by atoms with E-state index in [0.29, 0.717) is 17.2 Å². The van der Waals surface area contributed by atoms with Crippen LogP contribution in [0.4, 0.5) is 5.69 Å². The fourth-order valence-corrected chi connectivity index (χ4v) is 1.64. The van der Waals surface area contributed by atoms with Crippen LogP contribution in [0.1, 0.15) is 20.8 Å². The van der Waals surface area contributed by atoms with E-state index in [2.05, 4.69) is 5.32 Å². The summed E-state index contributed by atoms with van der Waals surface area (Å²) in [5.74, 6) is 0.0459. The maximum Gasteiger partial charge on any atom is 0.331 e. The summed E-state index contributed by atoms with van der Waals surface area (Å²) < 4.78 is 15.3. The van der Waals surface area contributed by atoms with Gasteiger partial charge in [0.1, 0.15) is 11.5 Å². The van der Waals surface area contributed by atoms with Crippen LogP contribution in [0.3, 0.4) is 0 Å². The minimum Gasteiger partial charge on any atom is -0.497 e.